The summed E-state index contributed by atoms with van der Waals surface area (Å²) in [7, 11) is 0. The molecule has 0 bridgehead atoms. The smallest absolute Gasteiger partial charge is 0.164 e. The van der Waals surface area contributed by atoms with E-state index in [-0.39, 0.29) is 0 Å². The van der Waals surface area contributed by atoms with Crippen LogP contribution in [0.3, 0.4) is 0 Å². The Balaban J connectivity index is 1.45. The summed E-state index contributed by atoms with van der Waals surface area (Å²) >= 11 is 0. The Morgan fingerprint density at radius 2 is 2.04 bits per heavy atom. The van der Waals surface area contributed by atoms with E-state index in [0.717, 1.165) is 17.7 Å². The molecule has 9 nitrogen and oxygen atoms in total. The fraction of sp³-hybridized carbons (Fsp3) is 0.368. The van der Waals surface area contributed by atoms with Gasteiger partial charge in [0.15, 0.2) is 6.23 Å². The van der Waals surface area contributed by atoms with Gasteiger partial charge in [0.25, 0.3) is 0 Å². The van der Waals surface area contributed by atoms with Gasteiger partial charge in [0.05, 0.1) is 12.0 Å². The summed E-state index contributed by atoms with van der Waals surface area (Å²) in [5, 5.41) is 32.5. The van der Waals surface area contributed by atoms with Crippen molar-refractivity contribution in [3.63, 3.8) is 0 Å². The van der Waals surface area contributed by atoms with Crippen LogP contribution in [0.15, 0.2) is 36.8 Å². The first-order valence-electron chi connectivity index (χ1n) is 9.07. The first-order chi connectivity index (χ1) is 13.5. The molecule has 1 saturated heterocycles. The van der Waals surface area contributed by atoms with Gasteiger partial charge < -0.3 is 35.1 Å². The highest BCUT2D eigenvalue weighted by Gasteiger charge is 2.47. The minimum atomic E-state index is -1.29. The van der Waals surface area contributed by atoms with Gasteiger partial charge in [0.2, 0.25) is 0 Å². The first-order valence-corrected chi connectivity index (χ1v) is 9.07. The van der Waals surface area contributed by atoms with Gasteiger partial charge in [-0.05, 0) is 23.3 Å². The van der Waals surface area contributed by atoms with E-state index in [1.54, 1.807) is 29.0 Å². The quantitative estimate of drug-likeness (QED) is 0.506. The van der Waals surface area contributed by atoms with Crippen LogP contribution in [0, 0.1) is 0 Å². The normalized spacial score (nSPS) is 27.7. The first kappa shape index (κ1) is 17.4. The average Bonchev–Trinajstić information content (AvgIpc) is 3.40. The molecule has 5 N–H and O–H groups in total. The Kier molecular flexibility index (Phi) is 3.98. The highest BCUT2D eigenvalue weighted by atomic mass is 16.6. The Labute approximate surface area is 160 Å². The molecule has 4 heterocycles. The molecule has 2 aliphatic rings. The maximum Gasteiger partial charge on any atom is 0.164 e. The third-order valence-electron chi connectivity index (χ3n) is 5.46. The van der Waals surface area contributed by atoms with E-state index in [0.29, 0.717) is 29.0 Å². The van der Waals surface area contributed by atoms with Crippen LogP contribution in [-0.2, 0) is 11.2 Å². The Morgan fingerprint density at radius 3 is 2.89 bits per heavy atom. The molecule has 5 rings (SSSR count). The molecule has 9 heteroatoms. The number of nitrogens with two attached hydrogens (primary N) is 1. The van der Waals surface area contributed by atoms with Crippen LogP contribution in [0.2, 0.25) is 0 Å². The van der Waals surface area contributed by atoms with Crippen LogP contribution in [0.4, 0.5) is 5.82 Å². The number of benzene rings is 1. The van der Waals surface area contributed by atoms with E-state index in [4.69, 9.17) is 15.2 Å². The molecule has 0 radical (unpaired) electrons. The van der Waals surface area contributed by atoms with Crippen LogP contribution < -0.4 is 10.5 Å². The molecule has 146 valence electrons. The van der Waals surface area contributed by atoms with E-state index in [2.05, 4.69) is 9.97 Å². The molecule has 2 aliphatic heterocycles. The molecule has 1 fully saturated rings. The summed E-state index contributed by atoms with van der Waals surface area (Å²) in [6, 6.07) is 7.15. The monoisotopic (exact) mass is 384 g/mol. The number of anilines is 1. The molecular formula is C19H20N4O5. The molecule has 1 aromatic carbocycles. The van der Waals surface area contributed by atoms with E-state index in [1.165, 1.54) is 6.33 Å². The zero-order valence-corrected chi connectivity index (χ0v) is 14.8. The Bertz CT molecular complexity index is 1040. The second kappa shape index (κ2) is 6.42. The Hall–Kier alpha value is -2.72. The minimum Gasteiger partial charge on any atom is -0.493 e. The third-order valence-corrected chi connectivity index (χ3v) is 5.46. The van der Waals surface area contributed by atoms with Crippen molar-refractivity contribution in [3.05, 3.63) is 47.9 Å². The topological polar surface area (TPSA) is 136 Å². The lowest BCUT2D eigenvalue weighted by Gasteiger charge is -2.22. The predicted molar refractivity (Wildman–Crippen MR) is 98.5 cm³/mol. The van der Waals surface area contributed by atoms with E-state index < -0.39 is 30.6 Å². The highest BCUT2D eigenvalue weighted by Crippen LogP contribution is 2.39. The zero-order chi connectivity index (χ0) is 19.4. The number of hydrogen-bond donors (Lipinski definition) is 4. The van der Waals surface area contributed by atoms with Crippen molar-refractivity contribution in [2.75, 3.05) is 12.3 Å². The summed E-state index contributed by atoms with van der Waals surface area (Å²) in [6.45, 7) is 0.615. The summed E-state index contributed by atoms with van der Waals surface area (Å²) in [4.78, 5) is 8.13. The molecule has 5 atom stereocenters. The van der Waals surface area contributed by atoms with Gasteiger partial charge in [0.1, 0.15) is 48.0 Å². The molecule has 0 aliphatic carbocycles. The number of fused-ring (bicyclic) bond motifs is 2. The number of rotatable bonds is 3. The van der Waals surface area contributed by atoms with Gasteiger partial charge in [-0.1, -0.05) is 12.1 Å². The van der Waals surface area contributed by atoms with Crippen molar-refractivity contribution in [2.45, 2.75) is 37.1 Å². The predicted octanol–water partition coefficient (Wildman–Crippen LogP) is 0.301. The van der Waals surface area contributed by atoms with Gasteiger partial charge in [-0.15, -0.1) is 0 Å². The SMILES string of the molecule is Nc1ncnc2c1ccn2[C@@H]1O[C@H]([C@H](O)c2ccc3c(c2)OCC3)[C@@H](O)[C@H]1O. The maximum absolute atomic E-state index is 10.8. The van der Waals surface area contributed by atoms with Crippen LogP contribution >= 0.6 is 0 Å². The van der Waals surface area contributed by atoms with Crippen molar-refractivity contribution in [3.8, 4) is 5.75 Å². The maximum atomic E-state index is 10.8. The van der Waals surface area contributed by atoms with Crippen molar-refractivity contribution in [2.24, 2.45) is 0 Å². The lowest BCUT2D eigenvalue weighted by molar-refractivity contribution is -0.0848. The number of nitrogen functional groups attached to an aromatic ring is 1. The molecule has 3 aromatic rings. The molecular weight excluding hydrogens is 364 g/mol. The number of aromatic nitrogens is 3. The van der Waals surface area contributed by atoms with Crippen LogP contribution in [0.5, 0.6) is 5.75 Å². The fourth-order valence-electron chi connectivity index (χ4n) is 3.93. The van der Waals surface area contributed by atoms with Gasteiger partial charge in [-0.2, -0.15) is 0 Å². The lowest BCUT2D eigenvalue weighted by Crippen LogP contribution is -2.34. The van der Waals surface area contributed by atoms with Gasteiger partial charge >= 0.3 is 0 Å². The van der Waals surface area contributed by atoms with Crippen LogP contribution in [0.25, 0.3) is 11.0 Å². The number of aliphatic hydroxyl groups excluding tert-OH is 3. The lowest BCUT2D eigenvalue weighted by atomic mass is 9.98. The third kappa shape index (κ3) is 2.55. The average molecular weight is 384 g/mol. The fourth-order valence-corrected chi connectivity index (χ4v) is 3.93. The standard InChI is InChI=1S/C19H20N4O5/c20-17-11-3-5-23(18(11)22-8-21-17)19-15(26)14(25)16(28-19)13(24)10-2-1-9-4-6-27-12(9)7-10/h1-3,5,7-8,13-16,19,24-26H,4,6H2,(H2,20,21,22)/t13-,14+,15-,16-,19-/m1/s1. The molecule has 0 amide bonds. The Morgan fingerprint density at radius 1 is 1.18 bits per heavy atom. The van der Waals surface area contributed by atoms with E-state index in [1.807, 2.05) is 6.07 Å². The molecule has 0 spiro atoms. The van der Waals surface area contributed by atoms with Gasteiger partial charge in [-0.25, -0.2) is 9.97 Å². The zero-order valence-electron chi connectivity index (χ0n) is 14.8. The molecule has 0 saturated carbocycles. The van der Waals surface area contributed by atoms with E-state index >= 15 is 0 Å². The highest BCUT2D eigenvalue weighted by molar-refractivity contribution is 5.86. The summed E-state index contributed by atoms with van der Waals surface area (Å²) < 4.78 is 13.0. The van der Waals surface area contributed by atoms with Gasteiger partial charge in [-0.3, -0.25) is 0 Å². The molecule has 28 heavy (non-hydrogen) atoms. The summed E-state index contributed by atoms with van der Waals surface area (Å²) in [6.07, 6.45) is -1.80. The van der Waals surface area contributed by atoms with Crippen molar-refractivity contribution >= 4 is 16.9 Å². The largest absolute Gasteiger partial charge is 0.493 e. The van der Waals surface area contributed by atoms with Crippen molar-refractivity contribution in [1.82, 2.24) is 14.5 Å². The number of aliphatic hydroxyl groups is 3. The van der Waals surface area contributed by atoms with Crippen LogP contribution in [0.1, 0.15) is 23.5 Å². The molecule has 2 aromatic heterocycles. The van der Waals surface area contributed by atoms with E-state index in [9.17, 15) is 15.3 Å². The minimum absolute atomic E-state index is 0.312. The van der Waals surface area contributed by atoms with Crippen LogP contribution in [-0.4, -0.2) is 54.8 Å². The number of hydrogen-bond acceptors (Lipinski definition) is 8. The van der Waals surface area contributed by atoms with Crippen molar-refractivity contribution in [1.29, 1.82) is 0 Å². The molecule has 0 unspecified atom stereocenters. The van der Waals surface area contributed by atoms with Crippen molar-refractivity contribution < 1.29 is 24.8 Å². The van der Waals surface area contributed by atoms with Gasteiger partial charge in [0, 0.05) is 12.6 Å². The number of ether oxygens (including phenoxy) is 2. The second-order valence-electron chi connectivity index (χ2n) is 7.10. The second-order valence-corrected chi connectivity index (χ2v) is 7.10. The number of nitrogens with zero attached hydrogens (tertiary/aromatic N) is 3. The summed E-state index contributed by atoms with van der Waals surface area (Å²) in [5.41, 5.74) is 7.97. The summed E-state index contributed by atoms with van der Waals surface area (Å²) in [5.74, 6) is 1.04.